The summed E-state index contributed by atoms with van der Waals surface area (Å²) in [6, 6.07) is 6.53. The Labute approximate surface area is 93.6 Å². The molecule has 0 bridgehead atoms. The van der Waals surface area contributed by atoms with Gasteiger partial charge in [-0.15, -0.1) is 0 Å². The van der Waals surface area contributed by atoms with Crippen molar-refractivity contribution in [1.29, 1.82) is 0 Å². The lowest BCUT2D eigenvalue weighted by Crippen LogP contribution is -1.90. The van der Waals surface area contributed by atoms with E-state index in [9.17, 15) is 0 Å². The molecule has 2 unspecified atom stereocenters. The summed E-state index contributed by atoms with van der Waals surface area (Å²) in [6.45, 7) is 2.11. The van der Waals surface area contributed by atoms with Crippen molar-refractivity contribution in [3.63, 3.8) is 0 Å². The molecule has 1 fully saturated rings. The third-order valence-electron chi connectivity index (χ3n) is 2.97. The molecule has 2 heteroatoms. The average molecular weight is 255 g/mol. The Kier molecular flexibility index (Phi) is 2.82. The lowest BCUT2D eigenvalue weighted by atomic mass is 10.1. The third kappa shape index (κ3) is 1.81. The second-order valence-electron chi connectivity index (χ2n) is 3.99. The Hall–Kier alpha value is -0.500. The monoisotopic (exact) mass is 254 g/mol. The quantitative estimate of drug-likeness (QED) is 0.751. The molecular formula is C12H15BrO. The second-order valence-corrected chi connectivity index (χ2v) is 4.63. The standard InChI is InChI=1S/C12H15BrO/c1-8-5-9(3-4-12(8)14-2)11-6-10(11)7-13/h3-5,10-11H,6-7H2,1-2H3. The first-order chi connectivity index (χ1) is 6.76. The maximum absolute atomic E-state index is 5.24. The Morgan fingerprint density at radius 2 is 2.29 bits per heavy atom. The predicted molar refractivity (Wildman–Crippen MR) is 62.4 cm³/mol. The van der Waals surface area contributed by atoms with Crippen LogP contribution in [0.4, 0.5) is 0 Å². The number of rotatable bonds is 3. The topological polar surface area (TPSA) is 9.23 Å². The molecule has 0 amide bonds. The fourth-order valence-corrected chi connectivity index (χ4v) is 2.67. The summed E-state index contributed by atoms with van der Waals surface area (Å²) < 4.78 is 5.24. The van der Waals surface area contributed by atoms with Crippen molar-refractivity contribution in [2.24, 2.45) is 5.92 Å². The molecule has 0 radical (unpaired) electrons. The number of aryl methyl sites for hydroxylation is 1. The van der Waals surface area contributed by atoms with E-state index in [0.29, 0.717) is 0 Å². The molecule has 1 aliphatic carbocycles. The average Bonchev–Trinajstić information content (AvgIpc) is 2.96. The minimum Gasteiger partial charge on any atom is -0.496 e. The van der Waals surface area contributed by atoms with Gasteiger partial charge in [-0.2, -0.15) is 0 Å². The minimum atomic E-state index is 0.777. The molecule has 2 atom stereocenters. The molecule has 1 nitrogen and oxygen atoms in total. The summed E-state index contributed by atoms with van der Waals surface area (Å²) >= 11 is 3.54. The third-order valence-corrected chi connectivity index (χ3v) is 3.80. The Bertz CT molecular complexity index is 335. The van der Waals surface area contributed by atoms with E-state index in [1.165, 1.54) is 17.5 Å². The van der Waals surface area contributed by atoms with Gasteiger partial charge >= 0.3 is 0 Å². The highest BCUT2D eigenvalue weighted by atomic mass is 79.9. The van der Waals surface area contributed by atoms with Gasteiger partial charge in [0.1, 0.15) is 5.75 Å². The number of halogens is 1. The first kappa shape index (κ1) is 10.0. The van der Waals surface area contributed by atoms with Gasteiger partial charge in [0.2, 0.25) is 0 Å². The van der Waals surface area contributed by atoms with Gasteiger partial charge in [-0.1, -0.05) is 28.1 Å². The van der Waals surface area contributed by atoms with E-state index in [1.54, 1.807) is 7.11 Å². The van der Waals surface area contributed by atoms with E-state index < -0.39 is 0 Å². The van der Waals surface area contributed by atoms with E-state index in [2.05, 4.69) is 41.1 Å². The fraction of sp³-hybridized carbons (Fsp3) is 0.500. The molecular weight excluding hydrogens is 240 g/mol. The molecule has 0 N–H and O–H groups in total. The molecule has 76 valence electrons. The van der Waals surface area contributed by atoms with Crippen LogP contribution in [0.25, 0.3) is 0 Å². The summed E-state index contributed by atoms with van der Waals surface area (Å²) in [5.74, 6) is 2.62. The smallest absolute Gasteiger partial charge is 0.121 e. The minimum absolute atomic E-state index is 0.777. The molecule has 0 heterocycles. The van der Waals surface area contributed by atoms with Gasteiger partial charge in [0.15, 0.2) is 0 Å². The number of ether oxygens (including phenoxy) is 1. The number of benzene rings is 1. The highest BCUT2D eigenvalue weighted by Crippen LogP contribution is 2.48. The van der Waals surface area contributed by atoms with Crippen LogP contribution in [-0.4, -0.2) is 12.4 Å². The first-order valence-electron chi connectivity index (χ1n) is 4.96. The maximum Gasteiger partial charge on any atom is 0.121 e. The zero-order valence-corrected chi connectivity index (χ0v) is 10.2. The molecule has 2 rings (SSSR count). The summed E-state index contributed by atoms with van der Waals surface area (Å²) in [7, 11) is 1.72. The molecule has 1 aromatic rings. The van der Waals surface area contributed by atoms with Gasteiger partial charge in [-0.25, -0.2) is 0 Å². The van der Waals surface area contributed by atoms with Crippen molar-refractivity contribution in [1.82, 2.24) is 0 Å². The number of hydrogen-bond donors (Lipinski definition) is 0. The largest absolute Gasteiger partial charge is 0.496 e. The van der Waals surface area contributed by atoms with Gasteiger partial charge < -0.3 is 4.74 Å². The lowest BCUT2D eigenvalue weighted by Gasteiger charge is -2.06. The van der Waals surface area contributed by atoms with Gasteiger partial charge in [-0.3, -0.25) is 0 Å². The van der Waals surface area contributed by atoms with Crippen molar-refractivity contribution < 1.29 is 4.74 Å². The molecule has 1 aliphatic rings. The van der Waals surface area contributed by atoms with Gasteiger partial charge in [0, 0.05) is 5.33 Å². The molecule has 14 heavy (non-hydrogen) atoms. The summed E-state index contributed by atoms with van der Waals surface area (Å²) in [4.78, 5) is 0. The predicted octanol–water partition coefficient (Wildman–Crippen LogP) is 3.50. The van der Waals surface area contributed by atoms with Crippen LogP contribution in [0, 0.1) is 12.8 Å². The van der Waals surface area contributed by atoms with Crippen LogP contribution in [0.3, 0.4) is 0 Å². The van der Waals surface area contributed by atoms with Crippen LogP contribution in [-0.2, 0) is 0 Å². The van der Waals surface area contributed by atoms with Crippen molar-refractivity contribution >= 4 is 15.9 Å². The van der Waals surface area contributed by atoms with Crippen molar-refractivity contribution in [3.8, 4) is 5.75 Å². The molecule has 0 spiro atoms. The Balaban J connectivity index is 2.17. The Morgan fingerprint density at radius 3 is 2.79 bits per heavy atom. The summed E-state index contributed by atoms with van der Waals surface area (Å²) in [6.07, 6.45) is 1.33. The van der Waals surface area contributed by atoms with Gasteiger partial charge in [0.05, 0.1) is 7.11 Å². The Morgan fingerprint density at radius 1 is 1.50 bits per heavy atom. The highest BCUT2D eigenvalue weighted by Gasteiger charge is 2.37. The zero-order valence-electron chi connectivity index (χ0n) is 8.59. The van der Waals surface area contributed by atoms with Crippen LogP contribution in [0.15, 0.2) is 18.2 Å². The van der Waals surface area contributed by atoms with E-state index in [1.807, 2.05) is 0 Å². The maximum atomic E-state index is 5.24. The van der Waals surface area contributed by atoms with Crippen LogP contribution in [0.1, 0.15) is 23.5 Å². The highest BCUT2D eigenvalue weighted by molar-refractivity contribution is 9.09. The van der Waals surface area contributed by atoms with Crippen LogP contribution < -0.4 is 4.74 Å². The normalized spacial score (nSPS) is 24.8. The van der Waals surface area contributed by atoms with Crippen molar-refractivity contribution in [2.45, 2.75) is 19.3 Å². The van der Waals surface area contributed by atoms with Crippen LogP contribution in [0.5, 0.6) is 5.75 Å². The molecule has 0 aromatic heterocycles. The molecule has 1 aromatic carbocycles. The number of hydrogen-bond acceptors (Lipinski definition) is 1. The SMILES string of the molecule is COc1ccc(C2CC2CBr)cc1C. The van der Waals surface area contributed by atoms with Crippen LogP contribution in [0.2, 0.25) is 0 Å². The molecule has 0 aliphatic heterocycles. The van der Waals surface area contributed by atoms with E-state index in [0.717, 1.165) is 22.9 Å². The van der Waals surface area contributed by atoms with E-state index in [4.69, 9.17) is 4.74 Å². The van der Waals surface area contributed by atoms with Gasteiger partial charge in [-0.05, 0) is 42.4 Å². The summed E-state index contributed by atoms with van der Waals surface area (Å²) in [5, 5.41) is 1.13. The second kappa shape index (κ2) is 3.93. The van der Waals surface area contributed by atoms with Crippen molar-refractivity contribution in [3.05, 3.63) is 29.3 Å². The zero-order chi connectivity index (χ0) is 10.1. The summed E-state index contributed by atoms with van der Waals surface area (Å²) in [5.41, 5.74) is 2.71. The van der Waals surface area contributed by atoms with Gasteiger partial charge in [0.25, 0.3) is 0 Å². The fourth-order valence-electron chi connectivity index (χ4n) is 1.96. The molecule has 1 saturated carbocycles. The first-order valence-corrected chi connectivity index (χ1v) is 6.09. The van der Waals surface area contributed by atoms with E-state index >= 15 is 0 Å². The number of alkyl halides is 1. The van der Waals surface area contributed by atoms with E-state index in [-0.39, 0.29) is 0 Å². The number of methoxy groups -OCH3 is 1. The van der Waals surface area contributed by atoms with Crippen molar-refractivity contribution in [2.75, 3.05) is 12.4 Å². The van der Waals surface area contributed by atoms with Crippen LogP contribution >= 0.6 is 15.9 Å². The lowest BCUT2D eigenvalue weighted by molar-refractivity contribution is 0.411. The molecule has 0 saturated heterocycles.